The Morgan fingerprint density at radius 3 is 1.52 bits per heavy atom. The maximum atomic E-state index is 13.2. The third kappa shape index (κ3) is 11.1. The fourth-order valence-corrected chi connectivity index (χ4v) is 12.8. The lowest BCUT2D eigenvalue weighted by Gasteiger charge is -2.34. The molecule has 4 heterocycles. The van der Waals surface area contributed by atoms with Crippen LogP contribution in [0.2, 0.25) is 10.0 Å². The molecule has 2 aliphatic heterocycles. The molecule has 0 saturated carbocycles. The van der Waals surface area contributed by atoms with Gasteiger partial charge in [0.25, 0.3) is 0 Å². The number of piperazine rings is 2. The van der Waals surface area contributed by atoms with Crippen molar-refractivity contribution < 1.29 is 31.0 Å². The highest BCUT2D eigenvalue weighted by Gasteiger charge is 2.33. The first kappa shape index (κ1) is 46.5. The monoisotopic (exact) mass is 970 g/mol. The number of ether oxygens (including phenoxy) is 3. The molecule has 63 heavy (non-hydrogen) atoms. The zero-order valence-corrected chi connectivity index (χ0v) is 40.0. The van der Waals surface area contributed by atoms with Crippen LogP contribution in [-0.2, 0) is 32.9 Å². The first-order valence-electron chi connectivity index (χ1n) is 20.0. The van der Waals surface area contributed by atoms with E-state index in [2.05, 4.69) is 46.4 Å². The van der Waals surface area contributed by atoms with E-state index >= 15 is 0 Å². The van der Waals surface area contributed by atoms with Gasteiger partial charge in [0.15, 0.2) is 10.3 Å². The molecular weight excluding hydrogens is 924 g/mol. The first-order chi connectivity index (χ1) is 30.3. The number of aryl methyl sites for hydroxylation is 1. The van der Waals surface area contributed by atoms with Crippen molar-refractivity contribution in [3.05, 3.63) is 134 Å². The molecule has 0 N–H and O–H groups in total. The molecule has 0 atom stereocenters. The lowest BCUT2D eigenvalue weighted by Crippen LogP contribution is -2.48. The van der Waals surface area contributed by atoms with Crippen LogP contribution in [-0.4, -0.2) is 109 Å². The van der Waals surface area contributed by atoms with E-state index in [9.17, 15) is 16.8 Å². The van der Waals surface area contributed by atoms with Crippen LogP contribution < -0.4 is 24.0 Å². The van der Waals surface area contributed by atoms with E-state index in [0.717, 1.165) is 39.4 Å². The van der Waals surface area contributed by atoms with Gasteiger partial charge in [-0.1, -0.05) is 71.2 Å². The molecular formula is C44H48Cl2N6O7S4. The van der Waals surface area contributed by atoms with Gasteiger partial charge in [-0.15, -0.1) is 22.7 Å². The van der Waals surface area contributed by atoms with Gasteiger partial charge in [-0.25, -0.2) is 26.8 Å². The number of benzene rings is 4. The number of anilines is 2. The summed E-state index contributed by atoms with van der Waals surface area (Å²) in [6.07, 6.45) is 1.48. The van der Waals surface area contributed by atoms with Gasteiger partial charge in [-0.3, -0.25) is 0 Å². The number of hydrogen-bond donors (Lipinski definition) is 0. The van der Waals surface area contributed by atoms with Crippen LogP contribution in [0.15, 0.2) is 105 Å². The number of hydrogen-bond acceptors (Lipinski definition) is 13. The minimum absolute atomic E-state index is 0.0919. The summed E-state index contributed by atoms with van der Waals surface area (Å²) < 4.78 is 71.5. The minimum Gasteiger partial charge on any atom is -0.496 e. The summed E-state index contributed by atoms with van der Waals surface area (Å²) in [6, 6.07) is 25.6. The van der Waals surface area contributed by atoms with Gasteiger partial charge in [-0.05, 0) is 55.0 Å². The van der Waals surface area contributed by atoms with E-state index in [1.54, 1.807) is 54.0 Å². The Morgan fingerprint density at radius 2 is 1.05 bits per heavy atom. The second-order valence-corrected chi connectivity index (χ2v) is 21.1. The quantitative estimate of drug-likeness (QED) is 0.111. The molecule has 0 unspecified atom stereocenters. The van der Waals surface area contributed by atoms with Gasteiger partial charge < -0.3 is 24.0 Å². The Labute approximate surface area is 387 Å². The number of rotatable bonds is 13. The van der Waals surface area contributed by atoms with Crippen LogP contribution in [0, 0.1) is 6.92 Å². The molecule has 4 aromatic carbocycles. The second-order valence-electron chi connectivity index (χ2n) is 14.8. The predicted molar refractivity (Wildman–Crippen MR) is 252 cm³/mol. The average Bonchev–Trinajstić information content (AvgIpc) is 3.97. The standard InChI is InChI=1S/C22H24ClN3O4S2.C22H24ClN3O3S2/c1-29-19-6-4-3-5-16(19)13-18-15-31-22(24-18)25-9-11-26(12-10-25)32(27,28)21-14-17(23)7-8-20(21)30-2;1-16-4-3-5-17(12-16)13-19-15-30-22(24-19)25-8-10-26(11-9-25)31(27,28)21-14-18(23)6-7-20(21)29-2/h3-8,14-15H,9-13H2,1-2H3;3-7,12,14-15H,8-11,13H2,1-2H3. The van der Waals surface area contributed by atoms with Gasteiger partial charge >= 0.3 is 0 Å². The smallest absolute Gasteiger partial charge is 0.246 e. The largest absolute Gasteiger partial charge is 0.496 e. The maximum Gasteiger partial charge on any atom is 0.246 e. The lowest BCUT2D eigenvalue weighted by molar-refractivity contribution is 0.373. The van der Waals surface area contributed by atoms with Crippen LogP contribution in [0.5, 0.6) is 17.2 Å². The highest BCUT2D eigenvalue weighted by Crippen LogP contribution is 2.33. The normalized spacial score (nSPS) is 15.1. The Balaban J connectivity index is 0.000000189. The second kappa shape index (κ2) is 20.6. The molecule has 0 aliphatic carbocycles. The number of thiazole rings is 2. The lowest BCUT2D eigenvalue weighted by atomic mass is 10.1. The maximum absolute atomic E-state index is 13.2. The minimum atomic E-state index is -3.71. The van der Waals surface area contributed by atoms with Crippen LogP contribution >= 0.6 is 45.9 Å². The van der Waals surface area contributed by atoms with E-state index in [4.69, 9.17) is 47.4 Å². The summed E-state index contributed by atoms with van der Waals surface area (Å²) in [4.78, 5) is 14.0. The first-order valence-corrected chi connectivity index (χ1v) is 25.4. The number of nitrogens with zero attached hydrogens (tertiary/aromatic N) is 6. The predicted octanol–water partition coefficient (Wildman–Crippen LogP) is 8.13. The molecule has 6 aromatic rings. The molecule has 2 aliphatic rings. The molecule has 0 radical (unpaired) electrons. The van der Waals surface area contributed by atoms with Crippen LogP contribution in [0.4, 0.5) is 10.3 Å². The van der Waals surface area contributed by atoms with Crippen molar-refractivity contribution in [2.75, 3.05) is 83.5 Å². The molecule has 2 saturated heterocycles. The zero-order chi connectivity index (χ0) is 44.7. The fourth-order valence-electron chi connectivity index (χ4n) is 7.34. The molecule has 8 rings (SSSR count). The van der Waals surface area contributed by atoms with Crippen molar-refractivity contribution >= 4 is 76.2 Å². The van der Waals surface area contributed by atoms with Crippen molar-refractivity contribution in [1.29, 1.82) is 0 Å². The Bertz CT molecular complexity index is 2740. The molecule has 19 heteroatoms. The third-order valence-corrected chi connectivity index (χ3v) is 16.8. The number of sulfonamides is 2. The van der Waals surface area contributed by atoms with Crippen LogP contribution in [0.25, 0.3) is 0 Å². The number of aromatic nitrogens is 2. The number of methoxy groups -OCH3 is 3. The van der Waals surface area contributed by atoms with Crippen LogP contribution in [0.3, 0.4) is 0 Å². The molecule has 0 spiro atoms. The van der Waals surface area contributed by atoms with Crippen molar-refractivity contribution in [1.82, 2.24) is 18.6 Å². The topological polar surface area (TPSA) is 135 Å². The Kier molecular flexibility index (Phi) is 15.2. The van der Waals surface area contributed by atoms with Gasteiger partial charge in [0.05, 0.1) is 32.7 Å². The third-order valence-electron chi connectivity index (χ3n) is 10.6. The Morgan fingerprint density at radius 1 is 0.571 bits per heavy atom. The van der Waals surface area contributed by atoms with Crippen molar-refractivity contribution in [3.63, 3.8) is 0 Å². The van der Waals surface area contributed by atoms with Gasteiger partial charge in [0.1, 0.15) is 27.0 Å². The van der Waals surface area contributed by atoms with E-state index in [1.165, 1.54) is 46.1 Å². The van der Waals surface area contributed by atoms with Crippen molar-refractivity contribution in [3.8, 4) is 17.2 Å². The van der Waals surface area contributed by atoms with Gasteiger partial charge in [0.2, 0.25) is 20.0 Å². The van der Waals surface area contributed by atoms with Gasteiger partial charge in [-0.2, -0.15) is 8.61 Å². The SMILES string of the molecule is COc1ccc(Cl)cc1S(=O)(=O)N1CCN(c2nc(Cc3cccc(C)c3)cs2)CC1.COc1ccccc1Cc1csc(N2CCN(S(=O)(=O)c3cc(Cl)ccc3OC)CC2)n1. The summed E-state index contributed by atoms with van der Waals surface area (Å²) in [5.41, 5.74) is 5.56. The Hall–Kier alpha value is -4.46. The van der Waals surface area contributed by atoms with Crippen molar-refractivity contribution in [2.24, 2.45) is 0 Å². The summed E-state index contributed by atoms with van der Waals surface area (Å²) >= 11 is 15.2. The van der Waals surface area contributed by atoms with E-state index < -0.39 is 20.0 Å². The van der Waals surface area contributed by atoms with E-state index in [-0.39, 0.29) is 15.5 Å². The summed E-state index contributed by atoms with van der Waals surface area (Å²) in [5.74, 6) is 1.43. The summed E-state index contributed by atoms with van der Waals surface area (Å²) in [7, 11) is -2.83. The molecule has 0 amide bonds. The fraction of sp³-hybridized carbons (Fsp3) is 0.318. The summed E-state index contributed by atoms with van der Waals surface area (Å²) in [6.45, 7) is 5.85. The highest BCUT2D eigenvalue weighted by molar-refractivity contribution is 7.89. The highest BCUT2D eigenvalue weighted by atomic mass is 35.5. The van der Waals surface area contributed by atoms with E-state index in [0.29, 0.717) is 74.6 Å². The molecule has 334 valence electrons. The average molecular weight is 972 g/mol. The molecule has 2 aromatic heterocycles. The van der Waals surface area contributed by atoms with E-state index in [1.807, 2.05) is 29.6 Å². The summed E-state index contributed by atoms with van der Waals surface area (Å²) in [5, 5.41) is 6.67. The number of para-hydroxylation sites is 1. The van der Waals surface area contributed by atoms with Crippen LogP contribution in [0.1, 0.15) is 28.1 Å². The zero-order valence-electron chi connectivity index (χ0n) is 35.2. The van der Waals surface area contributed by atoms with Gasteiger partial charge in [0, 0.05) is 91.6 Å². The van der Waals surface area contributed by atoms with Crippen molar-refractivity contribution in [2.45, 2.75) is 29.6 Å². The molecule has 2 fully saturated rings. The number of halogens is 2. The molecule has 0 bridgehead atoms. The molecule has 13 nitrogen and oxygen atoms in total.